The third kappa shape index (κ3) is 18.3. The summed E-state index contributed by atoms with van der Waals surface area (Å²) in [5, 5.41) is 19.3. The third-order valence-electron chi connectivity index (χ3n) is 0.440. The van der Waals surface area contributed by atoms with Gasteiger partial charge in [0.1, 0.15) is 0 Å². The number of hydrogen-bond acceptors (Lipinski definition) is 5. The zero-order chi connectivity index (χ0) is 7.28. The van der Waals surface area contributed by atoms with Crippen LogP contribution >= 0.6 is 11.8 Å². The van der Waals surface area contributed by atoms with E-state index in [1.807, 2.05) is 0 Å². The Kier molecular flexibility index (Phi) is 18.6. The number of aliphatic carboxylic acids is 2. The SMILES string of the molecule is O=C([O-])CSCC(=O)[O-].[Na+].[Na+]. The molecule has 0 spiro atoms. The van der Waals surface area contributed by atoms with E-state index in [-0.39, 0.29) is 70.6 Å². The van der Waals surface area contributed by atoms with E-state index in [1.54, 1.807) is 0 Å². The Balaban J connectivity index is -0.000000320. The van der Waals surface area contributed by atoms with E-state index in [2.05, 4.69) is 0 Å². The fourth-order valence-corrected chi connectivity index (χ4v) is 0.653. The van der Waals surface area contributed by atoms with Crippen LogP contribution in [0.4, 0.5) is 0 Å². The molecule has 0 N–H and O–H groups in total. The van der Waals surface area contributed by atoms with Crippen molar-refractivity contribution in [1.29, 1.82) is 0 Å². The molecule has 0 saturated carbocycles. The predicted molar refractivity (Wildman–Crippen MR) is 27.3 cm³/mol. The van der Waals surface area contributed by atoms with Gasteiger partial charge in [-0.2, -0.15) is 0 Å². The summed E-state index contributed by atoms with van der Waals surface area (Å²) >= 11 is 0.745. The van der Waals surface area contributed by atoms with Crippen LogP contribution in [0.5, 0.6) is 0 Å². The fourth-order valence-electron chi connectivity index (χ4n) is 0.218. The van der Waals surface area contributed by atoms with Gasteiger partial charge >= 0.3 is 59.1 Å². The molecule has 0 aliphatic carbocycles. The number of carbonyl (C=O) groups is 2. The van der Waals surface area contributed by atoms with Crippen molar-refractivity contribution in [2.24, 2.45) is 0 Å². The maximum atomic E-state index is 9.64. The first-order valence-electron chi connectivity index (χ1n) is 2.10. The van der Waals surface area contributed by atoms with Crippen molar-refractivity contribution in [3.05, 3.63) is 0 Å². The van der Waals surface area contributed by atoms with Crippen molar-refractivity contribution in [2.45, 2.75) is 0 Å². The topological polar surface area (TPSA) is 80.3 Å². The molecule has 0 aromatic carbocycles. The van der Waals surface area contributed by atoms with E-state index in [9.17, 15) is 19.8 Å². The van der Waals surface area contributed by atoms with Gasteiger partial charge in [-0.1, -0.05) is 0 Å². The summed E-state index contributed by atoms with van der Waals surface area (Å²) in [4.78, 5) is 19.3. The molecule has 0 heterocycles. The number of rotatable bonds is 4. The van der Waals surface area contributed by atoms with Crippen LogP contribution in [0.1, 0.15) is 0 Å². The van der Waals surface area contributed by atoms with E-state index in [0.29, 0.717) is 0 Å². The first-order valence-corrected chi connectivity index (χ1v) is 3.26. The van der Waals surface area contributed by atoms with Gasteiger partial charge < -0.3 is 19.8 Å². The molecule has 0 aromatic rings. The minimum Gasteiger partial charge on any atom is -0.549 e. The monoisotopic (exact) mass is 194 g/mol. The molecule has 52 valence electrons. The zero-order valence-corrected chi connectivity index (χ0v) is 11.3. The second-order valence-electron chi connectivity index (χ2n) is 1.24. The molecule has 0 fully saturated rings. The molecule has 0 saturated heterocycles. The van der Waals surface area contributed by atoms with Crippen LogP contribution in [0.25, 0.3) is 0 Å². The standard InChI is InChI=1S/C4H6O4S.2Na/c5-3(6)1-9-2-4(7)8;;/h1-2H2,(H,5,6)(H,7,8);;/q;2*+1/p-2. The van der Waals surface area contributed by atoms with Crippen LogP contribution in [-0.2, 0) is 9.59 Å². The number of carboxylic acid groups (broad SMARTS) is 2. The molecule has 4 nitrogen and oxygen atoms in total. The maximum absolute atomic E-state index is 9.64. The molecule has 11 heavy (non-hydrogen) atoms. The predicted octanol–water partition coefficient (Wildman–Crippen LogP) is -8.77. The van der Waals surface area contributed by atoms with Crippen molar-refractivity contribution in [2.75, 3.05) is 11.5 Å². The van der Waals surface area contributed by atoms with Gasteiger partial charge in [0.15, 0.2) is 0 Å². The van der Waals surface area contributed by atoms with Crippen LogP contribution in [0.15, 0.2) is 0 Å². The van der Waals surface area contributed by atoms with Gasteiger partial charge in [-0.25, -0.2) is 0 Å². The summed E-state index contributed by atoms with van der Waals surface area (Å²) < 4.78 is 0. The minimum absolute atomic E-state index is 0. The van der Waals surface area contributed by atoms with Crippen LogP contribution in [0.3, 0.4) is 0 Å². The molecule has 0 unspecified atom stereocenters. The minimum atomic E-state index is -1.26. The quantitative estimate of drug-likeness (QED) is 0.415. The zero-order valence-electron chi connectivity index (χ0n) is 6.46. The summed E-state index contributed by atoms with van der Waals surface area (Å²) in [5.74, 6) is -3.12. The smallest absolute Gasteiger partial charge is 0.549 e. The average molecular weight is 194 g/mol. The number of thioether (sulfide) groups is 1. The molecule has 0 rings (SSSR count). The normalized spacial score (nSPS) is 7.27. The Labute approximate surface area is 113 Å². The van der Waals surface area contributed by atoms with Crippen molar-refractivity contribution in [3.63, 3.8) is 0 Å². The van der Waals surface area contributed by atoms with Gasteiger partial charge in [0.05, 0.1) is 11.9 Å². The molecular formula is C4H4Na2O4S. The number of hydrogen-bond donors (Lipinski definition) is 0. The second-order valence-corrected chi connectivity index (χ2v) is 2.22. The van der Waals surface area contributed by atoms with Gasteiger partial charge in [0.25, 0.3) is 0 Å². The molecule has 7 heteroatoms. The Morgan fingerprint density at radius 2 is 1.27 bits per heavy atom. The van der Waals surface area contributed by atoms with E-state index < -0.39 is 11.9 Å². The van der Waals surface area contributed by atoms with E-state index in [4.69, 9.17) is 0 Å². The molecule has 0 aliphatic heterocycles. The molecule has 0 atom stereocenters. The number of carbonyl (C=O) groups excluding carboxylic acids is 2. The summed E-state index contributed by atoms with van der Waals surface area (Å²) in [6, 6.07) is 0. The Bertz CT molecular complexity index is 115. The van der Waals surface area contributed by atoms with Gasteiger partial charge in [0.2, 0.25) is 0 Å². The Hall–Kier alpha value is 1.29. The summed E-state index contributed by atoms with van der Waals surface area (Å²) in [5.41, 5.74) is 0. The molecular weight excluding hydrogens is 190 g/mol. The first-order chi connectivity index (χ1) is 4.13. The Morgan fingerprint density at radius 1 is 1.00 bits per heavy atom. The summed E-state index contributed by atoms with van der Waals surface area (Å²) in [6.07, 6.45) is 0. The number of carboxylic acids is 2. The van der Waals surface area contributed by atoms with Crippen molar-refractivity contribution >= 4 is 23.7 Å². The molecule has 0 aromatic heterocycles. The maximum Gasteiger partial charge on any atom is 1.00 e. The van der Waals surface area contributed by atoms with E-state index in [0.717, 1.165) is 11.8 Å². The van der Waals surface area contributed by atoms with E-state index >= 15 is 0 Å². The van der Waals surface area contributed by atoms with Gasteiger partial charge in [0, 0.05) is 11.5 Å². The largest absolute Gasteiger partial charge is 1.00 e. The second kappa shape index (κ2) is 11.3. The van der Waals surface area contributed by atoms with Crippen molar-refractivity contribution < 1.29 is 78.9 Å². The van der Waals surface area contributed by atoms with Gasteiger partial charge in [-0.05, 0) is 0 Å². The van der Waals surface area contributed by atoms with Crippen LogP contribution in [-0.4, -0.2) is 23.4 Å². The molecule has 0 bridgehead atoms. The summed E-state index contributed by atoms with van der Waals surface area (Å²) in [6.45, 7) is 0. The van der Waals surface area contributed by atoms with Crippen LogP contribution < -0.4 is 69.3 Å². The van der Waals surface area contributed by atoms with Crippen LogP contribution in [0, 0.1) is 0 Å². The van der Waals surface area contributed by atoms with Crippen LogP contribution in [0.2, 0.25) is 0 Å². The van der Waals surface area contributed by atoms with Gasteiger partial charge in [-0.3, -0.25) is 0 Å². The average Bonchev–Trinajstić information content (AvgIpc) is 1.63. The first kappa shape index (κ1) is 18.2. The Morgan fingerprint density at radius 3 is 1.45 bits per heavy atom. The van der Waals surface area contributed by atoms with Gasteiger partial charge in [-0.15, -0.1) is 11.8 Å². The summed E-state index contributed by atoms with van der Waals surface area (Å²) in [7, 11) is 0. The molecule has 0 amide bonds. The van der Waals surface area contributed by atoms with Crippen molar-refractivity contribution in [3.8, 4) is 0 Å². The van der Waals surface area contributed by atoms with E-state index in [1.165, 1.54) is 0 Å². The van der Waals surface area contributed by atoms with Crippen molar-refractivity contribution in [1.82, 2.24) is 0 Å². The molecule has 0 radical (unpaired) electrons. The molecule has 0 aliphatic rings. The third-order valence-corrected chi connectivity index (χ3v) is 1.32. The fraction of sp³-hybridized carbons (Fsp3) is 0.500.